The molecule has 10 atom stereocenters. The number of benzene rings is 4. The number of aliphatic hydroxyl groups is 2. The molecule has 4 aromatic rings. The van der Waals surface area contributed by atoms with Crippen molar-refractivity contribution in [3.63, 3.8) is 0 Å². The van der Waals surface area contributed by atoms with Crippen molar-refractivity contribution in [2.24, 2.45) is 17.2 Å². The van der Waals surface area contributed by atoms with Crippen LogP contribution in [0.4, 0.5) is 0 Å². The fraction of sp³-hybridized carbons (Fsp3) is 0.407. The number of aromatic hydroxyl groups is 1. The second kappa shape index (κ2) is 32.1. The van der Waals surface area contributed by atoms with Gasteiger partial charge in [0.2, 0.25) is 47.3 Å². The molecule has 0 spiro atoms. The van der Waals surface area contributed by atoms with Crippen molar-refractivity contribution in [2.45, 2.75) is 113 Å². The summed E-state index contributed by atoms with van der Waals surface area (Å²) in [5.41, 5.74) is 20.1. The van der Waals surface area contributed by atoms with E-state index in [1.54, 1.807) is 55.6 Å². The van der Waals surface area contributed by atoms with Crippen molar-refractivity contribution in [1.82, 2.24) is 42.5 Å². The largest absolute Gasteiger partial charge is 0.508 e. The SMILES string of the molecule is CNCCCC[C@@H]1NC(=O)[C@@H](Cc2ccc(C(N)=O)cc2)NC(=O)[C@H](Cc2ccc(Cl)cc2)NC(=O)[C@H](NC(O)[C@@H](N)Cc2ccc(Cl)cc2)CSSC[C@@H](C(=O)NC(Cc2ccc(O)cc2)C(N)=O)NC(=O)[C@H]([C@@H](C)O)NC1=O. The molecule has 1 aliphatic rings. The van der Waals surface area contributed by atoms with E-state index < -0.39 is 108 Å². The Morgan fingerprint density at radius 3 is 1.70 bits per heavy atom. The maximum atomic E-state index is 14.8. The van der Waals surface area contributed by atoms with Crippen LogP contribution in [0.5, 0.6) is 5.75 Å². The minimum atomic E-state index is -1.73. The quantitative estimate of drug-likeness (QED) is 0.0302. The summed E-state index contributed by atoms with van der Waals surface area (Å²) < 4.78 is 0. The van der Waals surface area contributed by atoms with Gasteiger partial charge in [0.05, 0.1) is 12.1 Å². The lowest BCUT2D eigenvalue weighted by Gasteiger charge is -2.30. The van der Waals surface area contributed by atoms with Crippen LogP contribution in [0, 0.1) is 0 Å². The van der Waals surface area contributed by atoms with Gasteiger partial charge in [-0.25, -0.2) is 0 Å². The van der Waals surface area contributed by atoms with Gasteiger partial charge in [-0.15, -0.1) is 0 Å². The third kappa shape index (κ3) is 20.9. The molecule has 80 heavy (non-hydrogen) atoms. The number of primary amides is 2. The van der Waals surface area contributed by atoms with E-state index in [9.17, 15) is 53.7 Å². The number of hydrogen-bond donors (Lipinski definition) is 14. The highest BCUT2D eigenvalue weighted by atomic mass is 35.5. The molecule has 0 bridgehead atoms. The second-order valence-corrected chi connectivity index (χ2v) is 22.7. The summed E-state index contributed by atoms with van der Waals surface area (Å²) in [4.78, 5) is 112. The average Bonchev–Trinajstić information content (AvgIpc) is 3.42. The number of amides is 8. The number of aliphatic hydroxyl groups excluding tert-OH is 2. The summed E-state index contributed by atoms with van der Waals surface area (Å²) in [6.07, 6.45) is -2.54. The molecular formula is C54H69Cl2N11O11S2. The first-order chi connectivity index (χ1) is 38.1. The van der Waals surface area contributed by atoms with Crippen molar-refractivity contribution in [2.75, 3.05) is 25.1 Å². The Kier molecular flexibility index (Phi) is 25.8. The zero-order valence-electron chi connectivity index (χ0n) is 44.0. The third-order valence-corrected chi connectivity index (χ3v) is 15.8. The Balaban J connectivity index is 1.58. The summed E-state index contributed by atoms with van der Waals surface area (Å²) in [5, 5.41) is 55.2. The summed E-state index contributed by atoms with van der Waals surface area (Å²) in [7, 11) is 3.74. The molecule has 0 saturated carbocycles. The summed E-state index contributed by atoms with van der Waals surface area (Å²) in [6.45, 7) is 1.77. The van der Waals surface area contributed by atoms with Gasteiger partial charge in [0.15, 0.2) is 0 Å². The molecule has 4 aromatic carbocycles. The number of hydrogen-bond acceptors (Lipinski definition) is 16. The molecule has 1 aliphatic heterocycles. The summed E-state index contributed by atoms with van der Waals surface area (Å²) in [5.74, 6) is -7.47. The Labute approximate surface area is 481 Å². The van der Waals surface area contributed by atoms with Gasteiger partial charge in [0, 0.05) is 52.4 Å². The maximum absolute atomic E-state index is 14.8. The first-order valence-electron chi connectivity index (χ1n) is 25.6. The van der Waals surface area contributed by atoms with E-state index in [0.717, 1.165) is 27.2 Å². The lowest BCUT2D eigenvalue weighted by molar-refractivity contribution is -0.136. The molecule has 0 aromatic heterocycles. The molecule has 22 nitrogen and oxygen atoms in total. The summed E-state index contributed by atoms with van der Waals surface area (Å²) >= 11 is 12.3. The first-order valence-corrected chi connectivity index (χ1v) is 28.9. The van der Waals surface area contributed by atoms with Crippen molar-refractivity contribution < 1.29 is 53.7 Å². The minimum Gasteiger partial charge on any atom is -0.508 e. The predicted octanol–water partition coefficient (Wildman–Crippen LogP) is 0.232. The number of carbonyl (C=O) groups excluding carboxylic acids is 8. The minimum absolute atomic E-state index is 0.00858. The molecule has 0 aliphatic carbocycles. The molecule has 26 heteroatoms. The fourth-order valence-corrected chi connectivity index (χ4v) is 10.9. The standard InChI is InChI=1S/C54H69Cl2N11O11S2/c1-29(68)45-54(78)66-44(52(76)62-40(47(59)71)24-33-12-20-37(69)21-13-33)28-80-79-27-43(65-48(72)38(57)23-30-8-16-35(55)17-9-30)53(77)64-42(26-32-10-18-36(56)19-11-32)51(75)63-41(25-31-6-14-34(15-7-31)46(58)70)50(74)61-39(49(73)67-45)5-3-4-22-60-2/h6-21,29,38-45,48,60,65,68-69,72H,3-5,22-28,57H2,1-2H3,(H2,58,70)(H2,59,71)(H,61,74)(H,62,76)(H,63,75)(H,64,77)(H,66,78)(H,67,73)/t29-,38+,39+,40?,41-,42+,43-,44+,45+,48?/m1/s1. The topological polar surface area (TPSA) is 372 Å². The van der Waals surface area contributed by atoms with Crippen molar-refractivity contribution in [3.8, 4) is 5.75 Å². The van der Waals surface area contributed by atoms with Crippen molar-refractivity contribution in [1.29, 1.82) is 0 Å². The predicted molar refractivity (Wildman–Crippen MR) is 307 cm³/mol. The molecule has 0 radical (unpaired) electrons. The molecular weight excluding hydrogens is 1110 g/mol. The zero-order valence-corrected chi connectivity index (χ0v) is 47.1. The Hall–Kier alpha value is -6.48. The van der Waals surface area contributed by atoms with Crippen LogP contribution >= 0.6 is 44.8 Å². The number of phenolic OH excluding ortho intramolecular Hbond substituents is 1. The molecule has 1 fully saturated rings. The van der Waals surface area contributed by atoms with Gasteiger partial charge in [-0.05, 0) is 117 Å². The summed E-state index contributed by atoms with van der Waals surface area (Å²) in [6, 6.07) is 13.8. The lowest BCUT2D eigenvalue weighted by Crippen LogP contribution is -2.62. The Morgan fingerprint density at radius 1 is 0.650 bits per heavy atom. The normalized spacial score (nSPS) is 21.5. The van der Waals surface area contributed by atoms with E-state index in [0.29, 0.717) is 46.1 Å². The molecule has 8 amide bonds. The van der Waals surface area contributed by atoms with Gasteiger partial charge in [-0.3, -0.25) is 43.7 Å². The monoisotopic (exact) mass is 1180 g/mol. The van der Waals surface area contributed by atoms with E-state index in [4.69, 9.17) is 40.4 Å². The van der Waals surface area contributed by atoms with E-state index >= 15 is 0 Å². The van der Waals surface area contributed by atoms with Crippen LogP contribution in [-0.2, 0) is 59.2 Å². The van der Waals surface area contributed by atoms with Crippen LogP contribution in [0.25, 0.3) is 0 Å². The first kappa shape index (κ1) is 64.3. The number of nitrogens with two attached hydrogens (primary N) is 3. The van der Waals surface area contributed by atoms with Gasteiger partial charge >= 0.3 is 0 Å². The van der Waals surface area contributed by atoms with Crippen LogP contribution in [0.15, 0.2) is 97.1 Å². The number of rotatable bonds is 21. The van der Waals surface area contributed by atoms with Gasteiger partial charge in [0.25, 0.3) is 0 Å². The fourth-order valence-electron chi connectivity index (χ4n) is 8.28. The van der Waals surface area contributed by atoms with E-state index in [1.165, 1.54) is 55.5 Å². The van der Waals surface area contributed by atoms with Crippen LogP contribution in [0.2, 0.25) is 10.0 Å². The molecule has 432 valence electrons. The number of carbonyl (C=O) groups is 8. The highest BCUT2D eigenvalue weighted by molar-refractivity contribution is 8.76. The van der Waals surface area contributed by atoms with Crippen molar-refractivity contribution in [3.05, 3.63) is 135 Å². The van der Waals surface area contributed by atoms with Gasteiger partial charge in [-0.2, -0.15) is 0 Å². The van der Waals surface area contributed by atoms with E-state index in [-0.39, 0.29) is 54.9 Å². The highest BCUT2D eigenvalue weighted by Gasteiger charge is 2.36. The third-order valence-electron chi connectivity index (χ3n) is 12.9. The van der Waals surface area contributed by atoms with Crippen LogP contribution in [0.1, 0.15) is 58.8 Å². The zero-order chi connectivity index (χ0) is 58.5. The van der Waals surface area contributed by atoms with Gasteiger partial charge < -0.3 is 69.7 Å². The van der Waals surface area contributed by atoms with Crippen molar-refractivity contribution >= 4 is 92.0 Å². The highest BCUT2D eigenvalue weighted by Crippen LogP contribution is 2.25. The molecule has 1 saturated heterocycles. The van der Waals surface area contributed by atoms with E-state index in [1.807, 2.05) is 0 Å². The molecule has 1 heterocycles. The number of unbranched alkanes of at least 4 members (excludes halogenated alkanes) is 1. The molecule has 2 unspecified atom stereocenters. The maximum Gasteiger partial charge on any atom is 0.248 e. The molecule has 17 N–H and O–H groups in total. The average molecular weight is 1180 g/mol. The number of halogens is 2. The number of nitrogens with one attached hydrogen (secondary N) is 8. The van der Waals surface area contributed by atoms with Crippen LogP contribution in [0.3, 0.4) is 0 Å². The Morgan fingerprint density at radius 2 is 1.15 bits per heavy atom. The second-order valence-electron chi connectivity index (χ2n) is 19.2. The number of phenols is 1. The van der Waals surface area contributed by atoms with E-state index in [2.05, 4.69) is 42.5 Å². The smallest absolute Gasteiger partial charge is 0.248 e. The van der Waals surface area contributed by atoms with Gasteiger partial charge in [0.1, 0.15) is 48.2 Å². The lowest BCUT2D eigenvalue weighted by atomic mass is 10.00. The van der Waals surface area contributed by atoms with Crippen LogP contribution < -0.4 is 59.7 Å². The Bertz CT molecular complexity index is 2730. The van der Waals surface area contributed by atoms with Crippen LogP contribution in [-0.4, -0.2) is 148 Å². The van der Waals surface area contributed by atoms with Gasteiger partial charge in [-0.1, -0.05) is 93.3 Å². The molecule has 5 rings (SSSR count).